The quantitative estimate of drug-likeness (QED) is 0.572. The molecule has 1 aromatic rings. The lowest BCUT2D eigenvalue weighted by Crippen LogP contribution is -2.51. The highest BCUT2D eigenvalue weighted by molar-refractivity contribution is 6.42. The number of benzene rings is 1. The maximum Gasteiger partial charge on any atom is 0.329 e. The summed E-state index contributed by atoms with van der Waals surface area (Å²) in [7, 11) is 0. The van der Waals surface area contributed by atoms with Crippen molar-refractivity contribution in [2.45, 2.75) is 46.6 Å². The zero-order chi connectivity index (χ0) is 19.5. The van der Waals surface area contributed by atoms with E-state index in [0.29, 0.717) is 11.3 Å². The van der Waals surface area contributed by atoms with E-state index >= 15 is 0 Å². The summed E-state index contributed by atoms with van der Waals surface area (Å²) in [5, 5.41) is 3.19. The van der Waals surface area contributed by atoms with E-state index in [4.69, 9.17) is 37.4 Å². The zero-order valence-electron chi connectivity index (χ0n) is 14.6. The van der Waals surface area contributed by atoms with Crippen molar-refractivity contribution in [2.24, 2.45) is 5.41 Å². The van der Waals surface area contributed by atoms with Crippen molar-refractivity contribution >= 4 is 46.8 Å². The Hall–Kier alpha value is -1.99. The molecule has 0 radical (unpaired) electrons. The summed E-state index contributed by atoms with van der Waals surface area (Å²) in [4.78, 5) is 35.7. The minimum Gasteiger partial charge on any atom is -0.461 e. The van der Waals surface area contributed by atoms with Gasteiger partial charge < -0.3 is 19.5 Å². The predicted molar refractivity (Wildman–Crippen MR) is 94.5 cm³/mol. The van der Waals surface area contributed by atoms with Crippen molar-refractivity contribution in [3.05, 3.63) is 27.7 Å². The van der Waals surface area contributed by atoms with Gasteiger partial charge in [0.1, 0.15) is 6.61 Å². The molecule has 0 atom stereocenters. The van der Waals surface area contributed by atoms with Crippen LogP contribution in [0.25, 0.3) is 0 Å². The average Bonchev–Trinajstić information content (AvgIpc) is 2.58. The molecule has 0 saturated carbocycles. The Morgan fingerprint density at radius 2 is 1.77 bits per heavy atom. The number of carbonyl (C=O) groups is 3. The van der Waals surface area contributed by atoms with Crippen LogP contribution in [0.5, 0.6) is 0 Å². The van der Waals surface area contributed by atoms with Gasteiger partial charge in [-0.15, -0.1) is 0 Å². The monoisotopic (exact) mass is 403 g/mol. The van der Waals surface area contributed by atoms with Gasteiger partial charge in [0.15, 0.2) is 5.41 Å². The Bertz CT molecular complexity index is 712. The number of halogens is 2. The topological polar surface area (TPSA) is 90.9 Å². The fourth-order valence-electron chi connectivity index (χ4n) is 2.58. The van der Waals surface area contributed by atoms with E-state index in [0.717, 1.165) is 0 Å². The third kappa shape index (κ3) is 3.88. The Morgan fingerprint density at radius 1 is 1.19 bits per heavy atom. The number of rotatable bonds is 6. The summed E-state index contributed by atoms with van der Waals surface area (Å²) in [6.45, 7) is 4.54. The lowest BCUT2D eigenvalue weighted by molar-refractivity contribution is -0.219. The van der Waals surface area contributed by atoms with Gasteiger partial charge in [-0.1, -0.05) is 37.0 Å². The fraction of sp³-hybridized carbons (Fsp3) is 0.471. The Balaban J connectivity index is 2.24. The molecule has 1 aromatic carbocycles. The Labute approximate surface area is 160 Å². The highest BCUT2D eigenvalue weighted by atomic mass is 35.5. The van der Waals surface area contributed by atoms with Gasteiger partial charge in [-0.25, -0.2) is 0 Å². The summed E-state index contributed by atoms with van der Waals surface area (Å²) in [6.07, 6.45) is -0.772. The van der Waals surface area contributed by atoms with E-state index in [1.807, 2.05) is 0 Å². The molecule has 0 aromatic heterocycles. The maximum atomic E-state index is 12.3. The number of esters is 3. The summed E-state index contributed by atoms with van der Waals surface area (Å²) < 4.78 is 15.4. The van der Waals surface area contributed by atoms with Crippen molar-refractivity contribution < 1.29 is 28.6 Å². The smallest absolute Gasteiger partial charge is 0.329 e. The second kappa shape index (κ2) is 8.14. The van der Waals surface area contributed by atoms with Gasteiger partial charge in [-0.05, 0) is 25.0 Å². The first-order valence-electron chi connectivity index (χ1n) is 8.04. The predicted octanol–water partition coefficient (Wildman–Crippen LogP) is 3.66. The van der Waals surface area contributed by atoms with Crippen LogP contribution in [0.2, 0.25) is 10.0 Å². The molecule has 1 aliphatic heterocycles. The van der Waals surface area contributed by atoms with Crippen LogP contribution >= 0.6 is 23.2 Å². The lowest BCUT2D eigenvalue weighted by Gasteiger charge is -2.35. The van der Waals surface area contributed by atoms with Gasteiger partial charge in [-0.2, -0.15) is 0 Å². The standard InChI is InChI=1S/C17H19Cl2NO6/c1-4-17(5-2)14(22)25-16(26-15(17)23)20-12-7-6-11(18)13(19)10(12)8-24-9(3)21/h6-7,16,20H,4-5,8H2,1-3H3. The lowest BCUT2D eigenvalue weighted by atomic mass is 9.82. The van der Waals surface area contributed by atoms with Crippen molar-refractivity contribution in [3.8, 4) is 0 Å². The molecular weight excluding hydrogens is 385 g/mol. The van der Waals surface area contributed by atoms with Crippen LogP contribution in [0.15, 0.2) is 12.1 Å². The third-order valence-electron chi connectivity index (χ3n) is 4.31. The summed E-state index contributed by atoms with van der Waals surface area (Å²) >= 11 is 12.2. The Kier molecular flexibility index (Phi) is 6.36. The first-order valence-corrected chi connectivity index (χ1v) is 8.79. The molecule has 142 valence electrons. The molecule has 1 heterocycles. The number of hydrogen-bond donors (Lipinski definition) is 1. The number of hydrogen-bond acceptors (Lipinski definition) is 7. The number of cyclic esters (lactones) is 2. The summed E-state index contributed by atoms with van der Waals surface area (Å²) in [6, 6.07) is 3.06. The van der Waals surface area contributed by atoms with Gasteiger partial charge in [-0.3, -0.25) is 14.4 Å². The van der Waals surface area contributed by atoms with E-state index in [1.54, 1.807) is 19.9 Å². The maximum absolute atomic E-state index is 12.3. The summed E-state index contributed by atoms with van der Waals surface area (Å²) in [5.41, 5.74) is -0.577. The molecule has 1 aliphatic rings. The molecule has 0 bridgehead atoms. The van der Waals surface area contributed by atoms with Crippen LogP contribution < -0.4 is 5.32 Å². The van der Waals surface area contributed by atoms with E-state index in [2.05, 4.69) is 5.32 Å². The van der Waals surface area contributed by atoms with Gasteiger partial charge >= 0.3 is 24.3 Å². The number of carbonyl (C=O) groups excluding carboxylic acids is 3. The highest BCUT2D eigenvalue weighted by Crippen LogP contribution is 2.36. The Morgan fingerprint density at radius 3 is 2.27 bits per heavy atom. The molecule has 0 unspecified atom stereocenters. The van der Waals surface area contributed by atoms with Crippen LogP contribution in [0, 0.1) is 5.41 Å². The van der Waals surface area contributed by atoms with Crippen molar-refractivity contribution in [3.63, 3.8) is 0 Å². The number of nitrogens with one attached hydrogen (secondary N) is 1. The second-order valence-corrected chi connectivity index (χ2v) is 6.53. The average molecular weight is 404 g/mol. The molecule has 0 aliphatic carbocycles. The zero-order valence-corrected chi connectivity index (χ0v) is 16.1. The van der Waals surface area contributed by atoms with Gasteiger partial charge in [0.05, 0.1) is 10.0 Å². The van der Waals surface area contributed by atoms with Gasteiger partial charge in [0, 0.05) is 18.2 Å². The molecule has 1 saturated heterocycles. The van der Waals surface area contributed by atoms with Crippen LogP contribution in [0.1, 0.15) is 39.2 Å². The van der Waals surface area contributed by atoms with Crippen molar-refractivity contribution in [1.82, 2.24) is 0 Å². The SMILES string of the molecule is CCC1(CC)C(=O)OC(Nc2ccc(Cl)c(Cl)c2COC(C)=O)OC1=O. The van der Waals surface area contributed by atoms with E-state index in [1.165, 1.54) is 13.0 Å². The molecule has 1 N–H and O–H groups in total. The molecular formula is C17H19Cl2NO6. The molecule has 7 nitrogen and oxygen atoms in total. The van der Waals surface area contributed by atoms with E-state index < -0.39 is 29.7 Å². The van der Waals surface area contributed by atoms with Gasteiger partial charge in [0.2, 0.25) is 0 Å². The largest absolute Gasteiger partial charge is 0.461 e. The minimum absolute atomic E-state index is 0.153. The first kappa shape index (κ1) is 20.3. The second-order valence-electron chi connectivity index (χ2n) is 5.74. The highest BCUT2D eigenvalue weighted by Gasteiger charge is 2.51. The van der Waals surface area contributed by atoms with Gasteiger partial charge in [0.25, 0.3) is 0 Å². The first-order chi connectivity index (χ1) is 12.2. The normalized spacial score (nSPS) is 16.7. The minimum atomic E-state index is -1.32. The number of ether oxygens (including phenoxy) is 3. The van der Waals surface area contributed by atoms with Crippen LogP contribution in [-0.4, -0.2) is 24.3 Å². The fourth-order valence-corrected chi connectivity index (χ4v) is 2.98. The molecule has 9 heteroatoms. The molecule has 2 rings (SSSR count). The van der Waals surface area contributed by atoms with Crippen LogP contribution in [0.4, 0.5) is 5.69 Å². The van der Waals surface area contributed by atoms with Crippen molar-refractivity contribution in [2.75, 3.05) is 5.32 Å². The van der Waals surface area contributed by atoms with Crippen LogP contribution in [-0.2, 0) is 35.2 Å². The summed E-state index contributed by atoms with van der Waals surface area (Å²) in [5.74, 6) is -1.81. The molecule has 0 spiro atoms. The van der Waals surface area contributed by atoms with Crippen molar-refractivity contribution in [1.29, 1.82) is 0 Å². The molecule has 1 fully saturated rings. The van der Waals surface area contributed by atoms with Crippen LogP contribution in [0.3, 0.4) is 0 Å². The van der Waals surface area contributed by atoms with E-state index in [-0.39, 0.29) is 29.5 Å². The third-order valence-corrected chi connectivity index (χ3v) is 5.15. The number of anilines is 1. The molecule has 0 amide bonds. The van der Waals surface area contributed by atoms with E-state index in [9.17, 15) is 14.4 Å². The molecule has 26 heavy (non-hydrogen) atoms.